The van der Waals surface area contributed by atoms with E-state index in [0.29, 0.717) is 45.2 Å². The van der Waals surface area contributed by atoms with Gasteiger partial charge in [0.15, 0.2) is 5.43 Å². The number of rotatable bonds is 21. The number of aliphatic hydroxyl groups is 2. The fraction of sp³-hybridized carbons (Fsp3) is 0.386. The summed E-state index contributed by atoms with van der Waals surface area (Å²) in [7, 11) is 1.50. The Morgan fingerprint density at radius 1 is 0.828 bits per heavy atom. The summed E-state index contributed by atoms with van der Waals surface area (Å²) in [6.45, 7) is 6.92. The third-order valence-corrected chi connectivity index (χ3v) is 9.51. The highest BCUT2D eigenvalue weighted by atomic mass is 16.5. The first-order valence-electron chi connectivity index (χ1n) is 19.1. The number of carbonyl (C=O) groups excluding carboxylic acids is 2. The standard InChI is InChI=1S/C44H53N3O11/c1-44(2,3)42(36(50)25-48)39(53-4)26-56-27-40(51)46-17-19-54-21-22-55-20-18-47-43(52)33-8-6-5-7-32(33)41-34-15-11-29(49)23-37(34)58-38-24-31(14-16-35(38)41)57-30-12-9-28(45)10-13-30/h5-16,23-24,36,39,42,48,50H,17-22,25-27,45H2,1-4H3,(H,46,51)(H,47,52)/t36-,39?,42?/m1/s1. The minimum atomic E-state index is -0.985. The predicted molar refractivity (Wildman–Crippen MR) is 220 cm³/mol. The van der Waals surface area contributed by atoms with Crippen LogP contribution in [0.15, 0.2) is 94.1 Å². The number of hydrogen-bond donors (Lipinski definition) is 5. The van der Waals surface area contributed by atoms with E-state index < -0.39 is 24.7 Å². The van der Waals surface area contributed by atoms with Gasteiger partial charge in [0.1, 0.15) is 29.4 Å². The lowest BCUT2D eigenvalue weighted by atomic mass is 9.74. The maximum absolute atomic E-state index is 13.6. The van der Waals surface area contributed by atoms with Crippen LogP contribution < -0.4 is 26.5 Å². The fourth-order valence-electron chi connectivity index (χ4n) is 6.83. The molecule has 14 heteroatoms. The molecule has 14 nitrogen and oxygen atoms in total. The Bertz CT molecular complexity index is 2130. The second-order valence-electron chi connectivity index (χ2n) is 14.8. The molecule has 310 valence electrons. The molecule has 5 rings (SSSR count). The molecule has 3 atom stereocenters. The minimum absolute atomic E-state index is 0.0793. The molecule has 1 aliphatic carbocycles. The summed E-state index contributed by atoms with van der Waals surface area (Å²) in [6.07, 6.45) is -1.50. The molecule has 0 spiro atoms. The van der Waals surface area contributed by atoms with Crippen molar-refractivity contribution in [3.05, 3.63) is 101 Å². The zero-order valence-electron chi connectivity index (χ0n) is 33.3. The third-order valence-electron chi connectivity index (χ3n) is 9.51. The van der Waals surface area contributed by atoms with Crippen LogP contribution in [-0.2, 0) is 23.7 Å². The zero-order valence-corrected chi connectivity index (χ0v) is 33.3. The average molecular weight is 800 g/mol. The summed E-state index contributed by atoms with van der Waals surface area (Å²) in [4.78, 5) is 38.2. The number of nitrogens with one attached hydrogen (secondary N) is 2. The lowest BCUT2D eigenvalue weighted by molar-refractivity contribution is -0.132. The topological polar surface area (TPSA) is 201 Å². The van der Waals surface area contributed by atoms with Crippen molar-refractivity contribution in [3.8, 4) is 33.9 Å². The van der Waals surface area contributed by atoms with E-state index in [-0.39, 0.29) is 75.4 Å². The van der Waals surface area contributed by atoms with Crippen LogP contribution in [0.4, 0.5) is 5.69 Å². The lowest BCUT2D eigenvalue weighted by Gasteiger charge is -2.38. The highest BCUT2D eigenvalue weighted by molar-refractivity contribution is 6.09. The van der Waals surface area contributed by atoms with Gasteiger partial charge in [-0.05, 0) is 65.6 Å². The van der Waals surface area contributed by atoms with Crippen molar-refractivity contribution in [1.29, 1.82) is 0 Å². The number of aliphatic hydroxyl groups excluding tert-OH is 2. The highest BCUT2D eigenvalue weighted by Gasteiger charge is 2.38. The molecule has 0 saturated carbocycles. The quantitative estimate of drug-likeness (QED) is 0.0384. The van der Waals surface area contributed by atoms with Gasteiger partial charge in [-0.15, -0.1) is 0 Å². The van der Waals surface area contributed by atoms with Crippen LogP contribution in [0.2, 0.25) is 0 Å². The molecule has 6 N–H and O–H groups in total. The van der Waals surface area contributed by atoms with Gasteiger partial charge >= 0.3 is 0 Å². The minimum Gasteiger partial charge on any atom is -0.457 e. The first-order chi connectivity index (χ1) is 27.9. The number of hydrogen-bond acceptors (Lipinski definition) is 12. The molecule has 2 amide bonds. The lowest BCUT2D eigenvalue weighted by Crippen LogP contribution is -2.46. The van der Waals surface area contributed by atoms with E-state index in [9.17, 15) is 24.6 Å². The van der Waals surface area contributed by atoms with E-state index >= 15 is 0 Å². The Balaban J connectivity index is 1.08. The summed E-state index contributed by atoms with van der Waals surface area (Å²) in [5.74, 6) is 0.477. The van der Waals surface area contributed by atoms with Crippen LogP contribution in [0.3, 0.4) is 0 Å². The SMILES string of the molecule is COC(COCC(=O)NCCOCCOCCNC(=O)c1ccccc1-c1c2ccc(=O)cc-2oc2cc(Oc3ccc(N)cc3)ccc12)C([C@H](O)CO)C(C)(C)C. The van der Waals surface area contributed by atoms with Crippen molar-refractivity contribution < 1.29 is 47.9 Å². The smallest absolute Gasteiger partial charge is 0.251 e. The summed E-state index contributed by atoms with van der Waals surface area (Å²) in [5.41, 5.74) is 8.85. The van der Waals surface area contributed by atoms with Crippen LogP contribution in [-0.4, -0.2) is 101 Å². The predicted octanol–water partition coefficient (Wildman–Crippen LogP) is 4.87. The molecule has 0 radical (unpaired) electrons. The molecule has 2 aliphatic rings. The summed E-state index contributed by atoms with van der Waals surface area (Å²) < 4.78 is 34.5. The van der Waals surface area contributed by atoms with E-state index in [4.69, 9.17) is 33.8 Å². The van der Waals surface area contributed by atoms with Gasteiger partial charge in [0.2, 0.25) is 5.91 Å². The molecule has 0 bridgehead atoms. The highest BCUT2D eigenvalue weighted by Crippen LogP contribution is 2.42. The third kappa shape index (κ3) is 11.8. The number of methoxy groups -OCH3 is 1. The second-order valence-corrected chi connectivity index (χ2v) is 14.8. The molecule has 0 fully saturated rings. The number of nitrogen functional groups attached to an aromatic ring is 1. The van der Waals surface area contributed by atoms with Gasteiger partial charge in [0.25, 0.3) is 5.91 Å². The zero-order chi connectivity index (χ0) is 41.7. The number of nitrogens with two attached hydrogens (primary N) is 1. The Hall–Kier alpha value is -5.35. The molecule has 2 unspecified atom stereocenters. The van der Waals surface area contributed by atoms with Gasteiger partial charge in [-0.3, -0.25) is 14.4 Å². The maximum atomic E-state index is 13.6. The molecule has 3 aromatic rings. The van der Waals surface area contributed by atoms with Gasteiger partial charge in [-0.25, -0.2) is 0 Å². The van der Waals surface area contributed by atoms with E-state index in [1.807, 2.05) is 45.0 Å². The van der Waals surface area contributed by atoms with Crippen molar-refractivity contribution in [2.45, 2.75) is 33.0 Å². The number of ether oxygens (including phenoxy) is 5. The molecule has 0 saturated heterocycles. The number of benzene rings is 4. The normalized spacial score (nSPS) is 13.3. The van der Waals surface area contributed by atoms with E-state index in [1.165, 1.54) is 19.2 Å². The first kappa shape index (κ1) is 43.8. The van der Waals surface area contributed by atoms with E-state index in [2.05, 4.69) is 10.6 Å². The Labute approximate surface area is 337 Å². The molecular weight excluding hydrogens is 746 g/mol. The first-order valence-corrected chi connectivity index (χ1v) is 19.1. The summed E-state index contributed by atoms with van der Waals surface area (Å²) >= 11 is 0. The molecule has 58 heavy (non-hydrogen) atoms. The number of carbonyl (C=O) groups is 2. The van der Waals surface area contributed by atoms with Crippen LogP contribution in [0.5, 0.6) is 11.5 Å². The molecule has 1 aliphatic heterocycles. The van der Waals surface area contributed by atoms with Crippen LogP contribution in [0, 0.1) is 11.3 Å². The average Bonchev–Trinajstić information content (AvgIpc) is 3.20. The van der Waals surface area contributed by atoms with Crippen LogP contribution in [0.25, 0.3) is 33.4 Å². The molecular formula is C44H53N3O11. The van der Waals surface area contributed by atoms with Crippen molar-refractivity contribution in [3.63, 3.8) is 0 Å². The Morgan fingerprint density at radius 3 is 2.21 bits per heavy atom. The van der Waals surface area contributed by atoms with Crippen molar-refractivity contribution in [1.82, 2.24) is 10.6 Å². The Morgan fingerprint density at radius 2 is 1.52 bits per heavy atom. The molecule has 0 aromatic heterocycles. The van der Waals surface area contributed by atoms with Gasteiger partial charge in [0.05, 0.1) is 51.8 Å². The van der Waals surface area contributed by atoms with Gasteiger partial charge < -0.3 is 54.7 Å². The van der Waals surface area contributed by atoms with Crippen LogP contribution in [0.1, 0.15) is 31.1 Å². The number of amides is 2. The fourth-order valence-corrected chi connectivity index (χ4v) is 6.83. The summed E-state index contributed by atoms with van der Waals surface area (Å²) in [6, 6.07) is 24.3. The number of fused-ring (bicyclic) bond motifs is 2. The maximum Gasteiger partial charge on any atom is 0.251 e. The monoisotopic (exact) mass is 799 g/mol. The van der Waals surface area contributed by atoms with E-state index in [1.54, 1.807) is 48.5 Å². The van der Waals surface area contributed by atoms with Crippen molar-refractivity contribution >= 4 is 28.5 Å². The van der Waals surface area contributed by atoms with Crippen LogP contribution >= 0.6 is 0 Å². The summed E-state index contributed by atoms with van der Waals surface area (Å²) in [5, 5.41) is 26.2. The molecule has 1 heterocycles. The largest absolute Gasteiger partial charge is 0.457 e. The van der Waals surface area contributed by atoms with Gasteiger partial charge in [-0.2, -0.15) is 0 Å². The molecule has 3 aromatic carbocycles. The Kier molecular flexibility index (Phi) is 15.8. The second kappa shape index (κ2) is 20.9. The van der Waals surface area contributed by atoms with Crippen molar-refractivity contribution in [2.75, 3.05) is 72.2 Å². The number of anilines is 1. The van der Waals surface area contributed by atoms with Gasteiger partial charge in [0, 0.05) is 66.0 Å². The van der Waals surface area contributed by atoms with Gasteiger partial charge in [-0.1, -0.05) is 39.0 Å². The van der Waals surface area contributed by atoms with E-state index in [0.717, 1.165) is 10.9 Å². The van der Waals surface area contributed by atoms with Crippen molar-refractivity contribution in [2.24, 2.45) is 11.3 Å².